The van der Waals surface area contributed by atoms with Gasteiger partial charge in [-0.2, -0.15) is 21.6 Å². The van der Waals surface area contributed by atoms with Gasteiger partial charge in [0.05, 0.1) is 26.4 Å². The molecule has 0 aromatic carbocycles. The second-order valence-electron chi connectivity index (χ2n) is 9.61. The maximum Gasteiger partial charge on any atom is 0.523 e. The molecule has 0 radical (unpaired) electrons. The minimum atomic E-state index is -6.02. The quantitative estimate of drug-likeness (QED) is 0.288. The Labute approximate surface area is 209 Å². The van der Waals surface area contributed by atoms with Gasteiger partial charge in [-0.05, 0) is 25.7 Å². The van der Waals surface area contributed by atoms with Gasteiger partial charge >= 0.3 is 15.6 Å². The Bertz CT molecular complexity index is 835. The average Bonchev–Trinajstić information content (AvgIpc) is 3.48. The highest BCUT2D eigenvalue weighted by atomic mass is 32.2. The van der Waals surface area contributed by atoms with Crippen molar-refractivity contribution in [3.05, 3.63) is 0 Å². The standard InChI is InChI=1S/C11H15F5O5S.C10H16F2O3/c12-10(13,7-21-22(17,18)11(14,15)16)8-1-3-9(4-2-8)19-5-6-20-9;11-10(12,7-13)8-1-3-9(4-2-8)14-5-6-15-9/h8H,1-7H2;8,13H,1-7H2. The van der Waals surface area contributed by atoms with Gasteiger partial charge in [0.1, 0.15) is 13.2 Å². The molecule has 0 unspecified atom stereocenters. The smallest absolute Gasteiger partial charge is 0.390 e. The Morgan fingerprint density at radius 3 is 1.38 bits per heavy atom. The van der Waals surface area contributed by atoms with Gasteiger partial charge in [-0.3, -0.25) is 4.18 Å². The summed E-state index contributed by atoms with van der Waals surface area (Å²) in [7, 11) is -6.02. The van der Waals surface area contributed by atoms with Crippen molar-refractivity contribution >= 4 is 10.1 Å². The van der Waals surface area contributed by atoms with Crippen LogP contribution in [0.1, 0.15) is 51.4 Å². The fourth-order valence-corrected chi connectivity index (χ4v) is 5.45. The summed E-state index contributed by atoms with van der Waals surface area (Å²) in [6.07, 6.45) is 1.98. The molecule has 218 valence electrons. The first-order valence-electron chi connectivity index (χ1n) is 11.9. The summed E-state index contributed by atoms with van der Waals surface area (Å²) in [5, 5.41) is 8.59. The fourth-order valence-electron chi connectivity index (χ4n) is 5.00. The third-order valence-electron chi connectivity index (χ3n) is 7.22. The largest absolute Gasteiger partial charge is 0.523 e. The molecule has 2 aliphatic heterocycles. The van der Waals surface area contributed by atoms with E-state index in [2.05, 4.69) is 4.18 Å². The zero-order valence-corrected chi connectivity index (χ0v) is 20.7. The minimum absolute atomic E-state index is 0.0531. The monoisotopic (exact) mass is 576 g/mol. The third-order valence-corrected chi connectivity index (χ3v) is 8.21. The van der Waals surface area contributed by atoms with Crippen LogP contribution in [0.3, 0.4) is 0 Å². The van der Waals surface area contributed by atoms with Gasteiger partial charge in [-0.25, -0.2) is 17.6 Å². The second kappa shape index (κ2) is 11.4. The first kappa shape index (κ1) is 30.8. The van der Waals surface area contributed by atoms with Crippen molar-refractivity contribution in [2.75, 3.05) is 39.6 Å². The highest BCUT2D eigenvalue weighted by molar-refractivity contribution is 7.87. The van der Waals surface area contributed by atoms with Crippen LogP contribution in [0.4, 0.5) is 30.7 Å². The summed E-state index contributed by atoms with van der Waals surface area (Å²) in [6.45, 7) is -1.04. The Balaban J connectivity index is 0.000000220. The number of ether oxygens (including phenoxy) is 4. The molecular weight excluding hydrogens is 545 g/mol. The Kier molecular flexibility index (Phi) is 9.45. The van der Waals surface area contributed by atoms with Crippen molar-refractivity contribution in [1.82, 2.24) is 0 Å². The Hall–Kier alpha value is -0.780. The number of halogens is 7. The van der Waals surface area contributed by atoms with Crippen LogP contribution in [0.2, 0.25) is 0 Å². The van der Waals surface area contributed by atoms with Crippen LogP contribution < -0.4 is 0 Å². The van der Waals surface area contributed by atoms with Gasteiger partial charge < -0.3 is 24.1 Å². The molecule has 2 spiro atoms. The van der Waals surface area contributed by atoms with Crippen LogP contribution in [-0.4, -0.2) is 82.1 Å². The lowest BCUT2D eigenvalue weighted by Gasteiger charge is -2.38. The van der Waals surface area contributed by atoms with Gasteiger partial charge in [-0.15, -0.1) is 0 Å². The number of hydrogen-bond donors (Lipinski definition) is 1. The molecule has 16 heteroatoms. The van der Waals surface area contributed by atoms with Crippen molar-refractivity contribution in [3.63, 3.8) is 0 Å². The number of aliphatic hydroxyl groups is 1. The van der Waals surface area contributed by atoms with Crippen molar-refractivity contribution in [1.29, 1.82) is 0 Å². The molecule has 1 N–H and O–H groups in total. The molecule has 4 aliphatic rings. The molecule has 2 heterocycles. The lowest BCUT2D eigenvalue weighted by molar-refractivity contribution is -0.202. The fraction of sp³-hybridized carbons (Fsp3) is 1.00. The molecule has 0 amide bonds. The van der Waals surface area contributed by atoms with Crippen molar-refractivity contribution in [2.45, 2.75) is 80.3 Å². The van der Waals surface area contributed by atoms with Crippen LogP contribution in [0, 0.1) is 11.8 Å². The third kappa shape index (κ3) is 7.45. The van der Waals surface area contributed by atoms with Crippen LogP contribution in [-0.2, 0) is 33.2 Å². The summed E-state index contributed by atoms with van der Waals surface area (Å²) < 4.78 is 137. The zero-order valence-electron chi connectivity index (χ0n) is 19.9. The molecule has 0 aromatic rings. The lowest BCUT2D eigenvalue weighted by Crippen LogP contribution is -2.43. The topological polar surface area (TPSA) is 101 Å². The summed E-state index contributed by atoms with van der Waals surface area (Å²) >= 11 is 0. The Morgan fingerprint density at radius 1 is 0.703 bits per heavy atom. The normalized spacial score (nSPS) is 26.9. The average molecular weight is 577 g/mol. The van der Waals surface area contributed by atoms with Gasteiger partial charge in [0.15, 0.2) is 11.6 Å². The second-order valence-corrected chi connectivity index (χ2v) is 11.2. The SMILES string of the molecule is O=S(=O)(OCC(F)(F)C1CCC2(CC1)OCCO2)C(F)(F)F.OCC(F)(F)C1CCC2(CC1)OCCO2. The molecule has 2 saturated heterocycles. The molecule has 4 rings (SSSR count). The van der Waals surface area contributed by atoms with Crippen LogP contribution in [0.25, 0.3) is 0 Å². The van der Waals surface area contributed by atoms with E-state index in [9.17, 15) is 39.2 Å². The molecule has 0 aromatic heterocycles. The molecule has 37 heavy (non-hydrogen) atoms. The van der Waals surface area contributed by atoms with Crippen LogP contribution in [0.15, 0.2) is 0 Å². The summed E-state index contributed by atoms with van der Waals surface area (Å²) in [4.78, 5) is 0. The van der Waals surface area contributed by atoms with E-state index in [1.165, 1.54) is 0 Å². The van der Waals surface area contributed by atoms with E-state index in [0.717, 1.165) is 0 Å². The minimum Gasteiger partial charge on any atom is -0.390 e. The van der Waals surface area contributed by atoms with E-state index >= 15 is 0 Å². The highest BCUT2D eigenvalue weighted by Gasteiger charge is 2.52. The zero-order chi connectivity index (χ0) is 27.6. The highest BCUT2D eigenvalue weighted by Crippen LogP contribution is 2.45. The summed E-state index contributed by atoms with van der Waals surface area (Å²) in [5.74, 6) is -10.1. The van der Waals surface area contributed by atoms with Crippen molar-refractivity contribution in [3.8, 4) is 0 Å². The number of aliphatic hydroxyl groups excluding tert-OH is 1. The van der Waals surface area contributed by atoms with E-state index < -0.39 is 64.1 Å². The molecule has 2 saturated carbocycles. The maximum absolute atomic E-state index is 13.9. The first-order chi connectivity index (χ1) is 17.1. The number of alkyl halides is 7. The van der Waals surface area contributed by atoms with Gasteiger partial charge in [-0.1, -0.05) is 0 Å². The number of hydrogen-bond acceptors (Lipinski definition) is 8. The van der Waals surface area contributed by atoms with E-state index in [4.69, 9.17) is 24.1 Å². The van der Waals surface area contributed by atoms with Gasteiger partial charge in [0, 0.05) is 37.5 Å². The van der Waals surface area contributed by atoms with Crippen LogP contribution >= 0.6 is 0 Å². The van der Waals surface area contributed by atoms with E-state index in [0.29, 0.717) is 52.1 Å². The summed E-state index contributed by atoms with van der Waals surface area (Å²) in [6, 6.07) is 0. The van der Waals surface area contributed by atoms with Crippen molar-refractivity contribution in [2.24, 2.45) is 11.8 Å². The molecular formula is C21H31F7O8S. The predicted octanol–water partition coefficient (Wildman–Crippen LogP) is 3.97. The van der Waals surface area contributed by atoms with Gasteiger partial charge in [0.2, 0.25) is 0 Å². The van der Waals surface area contributed by atoms with E-state index in [1.807, 2.05) is 0 Å². The molecule has 2 aliphatic carbocycles. The van der Waals surface area contributed by atoms with Gasteiger partial charge in [0.25, 0.3) is 11.8 Å². The predicted molar refractivity (Wildman–Crippen MR) is 111 cm³/mol. The number of rotatable bonds is 6. The van der Waals surface area contributed by atoms with Crippen LogP contribution in [0.5, 0.6) is 0 Å². The van der Waals surface area contributed by atoms with E-state index in [1.54, 1.807) is 0 Å². The van der Waals surface area contributed by atoms with E-state index in [-0.39, 0.29) is 25.7 Å². The Morgan fingerprint density at radius 2 is 1.05 bits per heavy atom. The first-order valence-corrected chi connectivity index (χ1v) is 13.3. The molecule has 0 atom stereocenters. The molecule has 0 bridgehead atoms. The molecule has 4 fully saturated rings. The van der Waals surface area contributed by atoms with Crippen molar-refractivity contribution < 1.29 is 67.4 Å². The summed E-state index contributed by atoms with van der Waals surface area (Å²) in [5.41, 5.74) is -5.72. The lowest BCUT2D eigenvalue weighted by atomic mass is 9.81. The maximum atomic E-state index is 13.9. The molecule has 8 nitrogen and oxygen atoms in total.